The molecule has 1 aromatic rings. The highest BCUT2D eigenvalue weighted by atomic mass is 16.5. The van der Waals surface area contributed by atoms with Crippen LogP contribution in [0.1, 0.15) is 23.5 Å². The van der Waals surface area contributed by atoms with Gasteiger partial charge in [0, 0.05) is 20.1 Å². The molecule has 0 amide bonds. The van der Waals surface area contributed by atoms with E-state index in [9.17, 15) is 4.79 Å². The molecule has 1 aliphatic carbocycles. The molecule has 1 atom stereocenters. The van der Waals surface area contributed by atoms with Gasteiger partial charge in [-0.15, -0.1) is 0 Å². The maximum Gasteiger partial charge on any atom is 0.147 e. The summed E-state index contributed by atoms with van der Waals surface area (Å²) in [6.07, 6.45) is 1.72. The normalized spacial score (nSPS) is 17.4. The maximum atomic E-state index is 11.7. The number of Topliss-reactive ketones (excluding diaryl/α,β-unsaturated/α-hetero) is 1. The Morgan fingerprint density at radius 3 is 3.06 bits per heavy atom. The van der Waals surface area contributed by atoms with Gasteiger partial charge in [0.15, 0.2) is 0 Å². The van der Waals surface area contributed by atoms with E-state index in [1.165, 1.54) is 11.1 Å². The van der Waals surface area contributed by atoms with E-state index >= 15 is 0 Å². The van der Waals surface area contributed by atoms with E-state index < -0.39 is 0 Å². The van der Waals surface area contributed by atoms with Gasteiger partial charge in [-0.1, -0.05) is 24.3 Å². The number of carbonyl (C=O) groups is 1. The number of hydrogen-bond acceptors (Lipinski definition) is 3. The lowest BCUT2D eigenvalue weighted by atomic mass is 9.75. The predicted molar refractivity (Wildman–Crippen MR) is 67.3 cm³/mol. The molecule has 0 fully saturated rings. The van der Waals surface area contributed by atoms with E-state index in [2.05, 4.69) is 23.5 Å². The molecule has 1 unspecified atom stereocenters. The minimum absolute atomic E-state index is 0.292. The largest absolute Gasteiger partial charge is 0.383 e. The van der Waals surface area contributed by atoms with Crippen LogP contribution in [-0.4, -0.2) is 32.6 Å². The van der Waals surface area contributed by atoms with Crippen molar-refractivity contribution in [2.24, 2.45) is 0 Å². The van der Waals surface area contributed by atoms with Crippen LogP contribution in [0.3, 0.4) is 0 Å². The fraction of sp³-hybridized carbons (Fsp3) is 0.500. The van der Waals surface area contributed by atoms with Crippen LogP contribution in [0.4, 0.5) is 0 Å². The molecule has 1 aliphatic rings. The number of ketones is 1. The molecule has 0 heterocycles. The first-order valence-corrected chi connectivity index (χ1v) is 6.10. The van der Waals surface area contributed by atoms with Crippen molar-refractivity contribution in [2.45, 2.75) is 18.8 Å². The third kappa shape index (κ3) is 3.14. The standard InChI is InChI=1S/C14H19NO2/c1-17-7-6-15-10-13(16)9-12-8-11-4-2-3-5-14(11)12/h2-5,12,15H,6-10H2,1H3. The quantitative estimate of drug-likeness (QED) is 0.726. The van der Waals surface area contributed by atoms with E-state index in [0.29, 0.717) is 31.3 Å². The topological polar surface area (TPSA) is 38.3 Å². The number of carbonyl (C=O) groups excluding carboxylic acids is 1. The summed E-state index contributed by atoms with van der Waals surface area (Å²) >= 11 is 0. The van der Waals surface area contributed by atoms with E-state index in [-0.39, 0.29) is 0 Å². The zero-order valence-corrected chi connectivity index (χ0v) is 10.2. The summed E-state index contributed by atoms with van der Waals surface area (Å²) in [6.45, 7) is 1.85. The zero-order valence-electron chi connectivity index (χ0n) is 10.2. The molecule has 0 aliphatic heterocycles. The highest BCUT2D eigenvalue weighted by Gasteiger charge is 2.26. The zero-order chi connectivity index (χ0) is 12.1. The van der Waals surface area contributed by atoms with Crippen LogP contribution in [0.25, 0.3) is 0 Å². The van der Waals surface area contributed by atoms with Crippen molar-refractivity contribution < 1.29 is 9.53 Å². The average molecular weight is 233 g/mol. The number of hydrogen-bond donors (Lipinski definition) is 1. The summed E-state index contributed by atoms with van der Waals surface area (Å²) in [5, 5.41) is 3.09. The second-order valence-corrected chi connectivity index (χ2v) is 4.51. The Morgan fingerprint density at radius 1 is 1.47 bits per heavy atom. The Bertz CT molecular complexity index is 390. The summed E-state index contributed by atoms with van der Waals surface area (Å²) in [7, 11) is 1.66. The van der Waals surface area contributed by atoms with Crippen LogP contribution in [0, 0.1) is 0 Å². The van der Waals surface area contributed by atoms with Gasteiger partial charge in [0.1, 0.15) is 5.78 Å². The highest BCUT2D eigenvalue weighted by molar-refractivity contribution is 5.81. The fourth-order valence-corrected chi connectivity index (χ4v) is 2.29. The first-order valence-electron chi connectivity index (χ1n) is 6.10. The molecule has 92 valence electrons. The second kappa shape index (κ2) is 5.94. The molecule has 1 aromatic carbocycles. The molecule has 0 bridgehead atoms. The molecule has 17 heavy (non-hydrogen) atoms. The van der Waals surface area contributed by atoms with Crippen molar-refractivity contribution in [3.05, 3.63) is 35.4 Å². The molecule has 0 aromatic heterocycles. The molecule has 1 N–H and O–H groups in total. The van der Waals surface area contributed by atoms with Gasteiger partial charge in [0.05, 0.1) is 13.2 Å². The third-order valence-corrected chi connectivity index (χ3v) is 3.24. The van der Waals surface area contributed by atoms with Crippen molar-refractivity contribution in [2.75, 3.05) is 26.8 Å². The van der Waals surface area contributed by atoms with E-state index in [1.54, 1.807) is 7.11 Å². The van der Waals surface area contributed by atoms with Crippen molar-refractivity contribution in [1.29, 1.82) is 0 Å². The monoisotopic (exact) mass is 233 g/mol. The van der Waals surface area contributed by atoms with Crippen LogP contribution < -0.4 is 5.32 Å². The average Bonchev–Trinajstić information content (AvgIpc) is 2.32. The number of ether oxygens (including phenoxy) is 1. The minimum Gasteiger partial charge on any atom is -0.383 e. The molecule has 0 saturated heterocycles. The summed E-state index contributed by atoms with van der Waals surface area (Å²) in [6, 6.07) is 8.39. The van der Waals surface area contributed by atoms with Gasteiger partial charge < -0.3 is 10.1 Å². The van der Waals surface area contributed by atoms with Crippen molar-refractivity contribution in [3.63, 3.8) is 0 Å². The number of methoxy groups -OCH3 is 1. The Balaban J connectivity index is 1.71. The van der Waals surface area contributed by atoms with Gasteiger partial charge in [0.2, 0.25) is 0 Å². The first kappa shape index (κ1) is 12.3. The fourth-order valence-electron chi connectivity index (χ4n) is 2.29. The van der Waals surface area contributed by atoms with E-state index in [4.69, 9.17) is 4.74 Å². The van der Waals surface area contributed by atoms with Crippen LogP contribution in [0.2, 0.25) is 0 Å². The van der Waals surface area contributed by atoms with Crippen molar-refractivity contribution >= 4 is 5.78 Å². The van der Waals surface area contributed by atoms with Crippen molar-refractivity contribution in [3.8, 4) is 0 Å². The number of nitrogens with one attached hydrogen (secondary N) is 1. The number of benzene rings is 1. The molecule has 0 radical (unpaired) electrons. The molecule has 3 heteroatoms. The summed E-state index contributed by atoms with van der Waals surface area (Å²) < 4.78 is 4.91. The van der Waals surface area contributed by atoms with Crippen molar-refractivity contribution in [1.82, 2.24) is 5.32 Å². The van der Waals surface area contributed by atoms with E-state index in [1.807, 2.05) is 6.07 Å². The summed E-state index contributed by atoms with van der Waals surface area (Å²) in [5.41, 5.74) is 2.76. The number of rotatable bonds is 7. The Kier molecular flexibility index (Phi) is 4.29. The van der Waals surface area contributed by atoms with Crippen LogP contribution in [0.15, 0.2) is 24.3 Å². The summed E-state index contributed by atoms with van der Waals surface area (Å²) in [5.74, 6) is 0.739. The molecular formula is C14H19NO2. The predicted octanol–water partition coefficient (Wildman–Crippen LogP) is 1.52. The smallest absolute Gasteiger partial charge is 0.147 e. The van der Waals surface area contributed by atoms with Gasteiger partial charge in [0.25, 0.3) is 0 Å². The highest BCUT2D eigenvalue weighted by Crippen LogP contribution is 2.37. The van der Waals surface area contributed by atoms with Gasteiger partial charge >= 0.3 is 0 Å². The second-order valence-electron chi connectivity index (χ2n) is 4.51. The molecular weight excluding hydrogens is 214 g/mol. The minimum atomic E-state index is 0.292. The van der Waals surface area contributed by atoms with Crippen LogP contribution in [-0.2, 0) is 16.0 Å². The van der Waals surface area contributed by atoms with Gasteiger partial charge in [-0.25, -0.2) is 0 Å². The van der Waals surface area contributed by atoms with E-state index in [0.717, 1.165) is 13.0 Å². The lowest BCUT2D eigenvalue weighted by molar-refractivity contribution is -0.118. The number of fused-ring (bicyclic) bond motifs is 1. The van der Waals surface area contributed by atoms with Crippen LogP contribution in [0.5, 0.6) is 0 Å². The Hall–Kier alpha value is -1.19. The lowest BCUT2D eigenvalue weighted by Gasteiger charge is -2.29. The Labute approximate surface area is 102 Å². The molecule has 2 rings (SSSR count). The molecule has 0 saturated carbocycles. The van der Waals surface area contributed by atoms with Crippen LogP contribution >= 0.6 is 0 Å². The van der Waals surface area contributed by atoms with Gasteiger partial charge in [-0.2, -0.15) is 0 Å². The third-order valence-electron chi connectivity index (χ3n) is 3.24. The molecule has 0 spiro atoms. The Morgan fingerprint density at radius 2 is 2.29 bits per heavy atom. The first-order chi connectivity index (χ1) is 8.31. The van der Waals surface area contributed by atoms with Gasteiger partial charge in [-0.05, 0) is 23.5 Å². The maximum absolute atomic E-state index is 11.7. The van der Waals surface area contributed by atoms with Gasteiger partial charge in [-0.3, -0.25) is 4.79 Å². The summed E-state index contributed by atoms with van der Waals surface area (Å²) in [4.78, 5) is 11.7. The SMILES string of the molecule is COCCNCC(=O)CC1Cc2ccccc21. The molecule has 3 nitrogen and oxygen atoms in total. The lowest BCUT2D eigenvalue weighted by Crippen LogP contribution is -2.29.